The van der Waals surface area contributed by atoms with Crippen LogP contribution in [-0.2, 0) is 11.3 Å². The van der Waals surface area contributed by atoms with E-state index in [0.717, 1.165) is 17.7 Å². The Labute approximate surface area is 155 Å². The SMILES string of the molecule is COc1ccc(CN(CC[C@@H](c2ccco2)C(C)C)C(C)=O)cc1OC. The van der Waals surface area contributed by atoms with Crippen LogP contribution < -0.4 is 9.47 Å². The number of furan rings is 1. The highest BCUT2D eigenvalue weighted by atomic mass is 16.5. The molecule has 1 heterocycles. The normalized spacial score (nSPS) is 12.1. The number of rotatable bonds is 9. The molecule has 2 rings (SSSR count). The molecule has 5 heteroatoms. The monoisotopic (exact) mass is 359 g/mol. The van der Waals surface area contributed by atoms with Crippen molar-refractivity contribution < 1.29 is 18.7 Å². The number of ether oxygens (including phenoxy) is 2. The van der Waals surface area contributed by atoms with Gasteiger partial charge < -0.3 is 18.8 Å². The van der Waals surface area contributed by atoms with E-state index in [2.05, 4.69) is 13.8 Å². The first-order valence-electron chi connectivity index (χ1n) is 8.96. The third kappa shape index (κ3) is 5.04. The highest BCUT2D eigenvalue weighted by Crippen LogP contribution is 2.30. The van der Waals surface area contributed by atoms with Gasteiger partial charge >= 0.3 is 0 Å². The van der Waals surface area contributed by atoms with Gasteiger partial charge in [-0.25, -0.2) is 0 Å². The molecule has 1 aromatic carbocycles. The Kier molecular flexibility index (Phi) is 7.13. The summed E-state index contributed by atoms with van der Waals surface area (Å²) in [5.74, 6) is 3.12. The van der Waals surface area contributed by atoms with E-state index in [-0.39, 0.29) is 11.8 Å². The van der Waals surface area contributed by atoms with E-state index in [1.807, 2.05) is 35.2 Å². The molecule has 2 aromatic rings. The molecule has 0 saturated carbocycles. The minimum Gasteiger partial charge on any atom is -0.493 e. The van der Waals surface area contributed by atoms with E-state index in [1.54, 1.807) is 27.4 Å². The summed E-state index contributed by atoms with van der Waals surface area (Å²) in [7, 11) is 3.22. The second-order valence-corrected chi connectivity index (χ2v) is 6.78. The maximum atomic E-state index is 12.1. The molecule has 26 heavy (non-hydrogen) atoms. The highest BCUT2D eigenvalue weighted by molar-refractivity contribution is 5.73. The molecule has 1 amide bonds. The van der Waals surface area contributed by atoms with Gasteiger partial charge in [0.25, 0.3) is 0 Å². The molecule has 142 valence electrons. The second-order valence-electron chi connectivity index (χ2n) is 6.78. The van der Waals surface area contributed by atoms with Crippen LogP contribution in [0.2, 0.25) is 0 Å². The third-order valence-corrected chi connectivity index (χ3v) is 4.69. The number of methoxy groups -OCH3 is 2. The molecule has 0 aliphatic rings. The van der Waals surface area contributed by atoms with E-state index in [9.17, 15) is 4.79 Å². The van der Waals surface area contributed by atoms with Gasteiger partial charge in [0.05, 0.1) is 20.5 Å². The molecule has 5 nitrogen and oxygen atoms in total. The zero-order valence-electron chi connectivity index (χ0n) is 16.3. The molecule has 0 aliphatic carbocycles. The summed E-state index contributed by atoms with van der Waals surface area (Å²) in [5, 5.41) is 0. The molecular formula is C21H29NO4. The molecule has 0 aliphatic heterocycles. The lowest BCUT2D eigenvalue weighted by Crippen LogP contribution is -2.30. The first kappa shape index (κ1) is 19.9. The number of carbonyl (C=O) groups is 1. The van der Waals surface area contributed by atoms with Crippen LogP contribution in [-0.4, -0.2) is 31.6 Å². The number of hydrogen-bond acceptors (Lipinski definition) is 4. The fourth-order valence-electron chi connectivity index (χ4n) is 3.15. The fourth-order valence-corrected chi connectivity index (χ4v) is 3.15. The van der Waals surface area contributed by atoms with Crippen molar-refractivity contribution in [1.82, 2.24) is 4.90 Å². The summed E-state index contributed by atoms with van der Waals surface area (Å²) in [6.07, 6.45) is 2.56. The first-order valence-corrected chi connectivity index (χ1v) is 8.96. The van der Waals surface area contributed by atoms with Crippen molar-refractivity contribution in [3.63, 3.8) is 0 Å². The topological polar surface area (TPSA) is 51.9 Å². The van der Waals surface area contributed by atoms with Gasteiger partial charge in [-0.3, -0.25) is 4.79 Å². The van der Waals surface area contributed by atoms with Gasteiger partial charge in [-0.05, 0) is 42.2 Å². The van der Waals surface area contributed by atoms with E-state index in [4.69, 9.17) is 13.9 Å². The zero-order valence-corrected chi connectivity index (χ0v) is 16.3. The average Bonchev–Trinajstić information content (AvgIpc) is 3.14. The van der Waals surface area contributed by atoms with Gasteiger partial charge in [0.15, 0.2) is 11.5 Å². The average molecular weight is 359 g/mol. The molecule has 1 atom stereocenters. The van der Waals surface area contributed by atoms with Crippen molar-refractivity contribution in [1.29, 1.82) is 0 Å². The van der Waals surface area contributed by atoms with Crippen molar-refractivity contribution in [2.45, 2.75) is 39.7 Å². The van der Waals surface area contributed by atoms with Crippen LogP contribution >= 0.6 is 0 Å². The molecule has 0 saturated heterocycles. The van der Waals surface area contributed by atoms with Crippen LogP contribution in [0.3, 0.4) is 0 Å². The van der Waals surface area contributed by atoms with Crippen LogP contribution in [0.1, 0.15) is 44.4 Å². The van der Waals surface area contributed by atoms with Gasteiger partial charge in [-0.2, -0.15) is 0 Å². The summed E-state index contributed by atoms with van der Waals surface area (Å²) in [4.78, 5) is 14.0. The Hall–Kier alpha value is -2.43. The smallest absolute Gasteiger partial charge is 0.219 e. The number of carbonyl (C=O) groups excluding carboxylic acids is 1. The van der Waals surface area contributed by atoms with E-state index in [1.165, 1.54) is 0 Å². The standard InChI is InChI=1S/C21H29NO4/c1-15(2)18(19-7-6-12-26-19)10-11-22(16(3)23)14-17-8-9-20(24-4)21(13-17)25-5/h6-9,12-13,15,18H,10-11,14H2,1-5H3/t18-/m1/s1. The van der Waals surface area contributed by atoms with Gasteiger partial charge in [-0.15, -0.1) is 0 Å². The first-order chi connectivity index (χ1) is 12.5. The van der Waals surface area contributed by atoms with Gasteiger partial charge in [0, 0.05) is 25.9 Å². The predicted molar refractivity (Wildman–Crippen MR) is 102 cm³/mol. The van der Waals surface area contributed by atoms with Crippen LogP contribution in [0.5, 0.6) is 11.5 Å². The largest absolute Gasteiger partial charge is 0.493 e. The number of amides is 1. The van der Waals surface area contributed by atoms with E-state index < -0.39 is 0 Å². The van der Waals surface area contributed by atoms with Crippen LogP contribution in [0.4, 0.5) is 0 Å². The van der Waals surface area contributed by atoms with Gasteiger partial charge in [0.2, 0.25) is 5.91 Å². The van der Waals surface area contributed by atoms with Crippen LogP contribution in [0, 0.1) is 5.92 Å². The Morgan fingerprint density at radius 3 is 2.42 bits per heavy atom. The molecule has 1 aromatic heterocycles. The lowest BCUT2D eigenvalue weighted by Gasteiger charge is -2.25. The van der Waals surface area contributed by atoms with Crippen LogP contribution in [0.15, 0.2) is 41.0 Å². The Morgan fingerprint density at radius 2 is 1.88 bits per heavy atom. The Balaban J connectivity index is 2.08. The summed E-state index contributed by atoms with van der Waals surface area (Å²) in [6, 6.07) is 9.67. The summed E-state index contributed by atoms with van der Waals surface area (Å²) in [6.45, 7) is 7.18. The lowest BCUT2D eigenvalue weighted by atomic mass is 9.90. The lowest BCUT2D eigenvalue weighted by molar-refractivity contribution is -0.129. The molecular weight excluding hydrogens is 330 g/mol. The van der Waals surface area contributed by atoms with E-state index in [0.29, 0.717) is 30.5 Å². The molecule has 0 unspecified atom stereocenters. The number of nitrogens with zero attached hydrogens (tertiary/aromatic N) is 1. The highest BCUT2D eigenvalue weighted by Gasteiger charge is 2.21. The minimum absolute atomic E-state index is 0.0572. The molecule has 0 spiro atoms. The van der Waals surface area contributed by atoms with E-state index >= 15 is 0 Å². The minimum atomic E-state index is 0.0572. The third-order valence-electron chi connectivity index (χ3n) is 4.69. The maximum absolute atomic E-state index is 12.1. The second kappa shape index (κ2) is 9.32. The fraction of sp³-hybridized carbons (Fsp3) is 0.476. The van der Waals surface area contributed by atoms with Gasteiger partial charge in [0.1, 0.15) is 5.76 Å². The van der Waals surface area contributed by atoms with Crippen molar-refractivity contribution in [3.8, 4) is 11.5 Å². The summed E-state index contributed by atoms with van der Waals surface area (Å²) >= 11 is 0. The number of benzene rings is 1. The predicted octanol–water partition coefficient (Wildman–Crippen LogP) is 4.48. The van der Waals surface area contributed by atoms with Crippen molar-refractivity contribution in [3.05, 3.63) is 47.9 Å². The maximum Gasteiger partial charge on any atom is 0.219 e. The Morgan fingerprint density at radius 1 is 1.15 bits per heavy atom. The van der Waals surface area contributed by atoms with Crippen molar-refractivity contribution >= 4 is 5.91 Å². The summed E-state index contributed by atoms with van der Waals surface area (Å²) in [5.41, 5.74) is 1.01. The molecule has 0 fully saturated rings. The van der Waals surface area contributed by atoms with Gasteiger partial charge in [-0.1, -0.05) is 19.9 Å². The summed E-state index contributed by atoms with van der Waals surface area (Å²) < 4.78 is 16.2. The zero-order chi connectivity index (χ0) is 19.1. The molecule has 0 N–H and O–H groups in total. The van der Waals surface area contributed by atoms with Crippen molar-refractivity contribution in [2.24, 2.45) is 5.92 Å². The molecule has 0 radical (unpaired) electrons. The Bertz CT molecular complexity index is 694. The van der Waals surface area contributed by atoms with Crippen molar-refractivity contribution in [2.75, 3.05) is 20.8 Å². The molecule has 0 bridgehead atoms. The quantitative estimate of drug-likeness (QED) is 0.663. The number of hydrogen-bond donors (Lipinski definition) is 0. The van der Waals surface area contributed by atoms with Crippen LogP contribution in [0.25, 0.3) is 0 Å².